The molecule has 0 spiro atoms. The smallest absolute Gasteiger partial charge is 0.306 e. The van der Waals surface area contributed by atoms with Crippen molar-refractivity contribution < 1.29 is 15.0 Å². The van der Waals surface area contributed by atoms with Crippen LogP contribution in [-0.4, -0.2) is 22.3 Å². The van der Waals surface area contributed by atoms with E-state index in [4.69, 9.17) is 5.11 Å². The van der Waals surface area contributed by atoms with Crippen molar-refractivity contribution in [1.82, 2.24) is 0 Å². The van der Waals surface area contributed by atoms with Gasteiger partial charge in [-0.1, -0.05) is 32.6 Å². The Kier molecular flexibility index (Phi) is 7.75. The molecule has 0 saturated heterocycles. The maximum atomic E-state index is 10.5. The van der Waals surface area contributed by atoms with Crippen molar-refractivity contribution in [2.24, 2.45) is 5.92 Å². The third-order valence-corrected chi connectivity index (χ3v) is 2.17. The first-order chi connectivity index (χ1) is 7.07. The van der Waals surface area contributed by atoms with Crippen LogP contribution in [0.4, 0.5) is 0 Å². The second kappa shape index (κ2) is 8.31. The summed E-state index contributed by atoms with van der Waals surface area (Å²) >= 11 is 0. The molecule has 0 aliphatic heterocycles. The molecule has 0 aromatic rings. The van der Waals surface area contributed by atoms with E-state index in [2.05, 4.69) is 18.8 Å². The van der Waals surface area contributed by atoms with Gasteiger partial charge in [-0.05, 0) is 12.8 Å². The summed E-state index contributed by atoms with van der Waals surface area (Å²) in [5.74, 6) is 4.12. The molecule has 3 nitrogen and oxygen atoms in total. The lowest BCUT2D eigenvalue weighted by Gasteiger charge is -2.06. The molecule has 3 heteroatoms. The number of rotatable bonds is 6. The topological polar surface area (TPSA) is 57.5 Å². The molecule has 0 aromatic heterocycles. The molecule has 0 rings (SSSR count). The molecule has 0 saturated carbocycles. The summed E-state index contributed by atoms with van der Waals surface area (Å²) in [5, 5.41) is 18.0. The highest BCUT2D eigenvalue weighted by atomic mass is 16.4. The Bertz CT molecular complexity index is 237. The zero-order valence-electron chi connectivity index (χ0n) is 9.49. The molecule has 2 unspecified atom stereocenters. The lowest BCUT2D eigenvalue weighted by Crippen LogP contribution is -2.16. The van der Waals surface area contributed by atoms with E-state index in [1.165, 1.54) is 0 Å². The van der Waals surface area contributed by atoms with E-state index >= 15 is 0 Å². The van der Waals surface area contributed by atoms with Crippen LogP contribution in [0.5, 0.6) is 0 Å². The third kappa shape index (κ3) is 8.02. The monoisotopic (exact) mass is 212 g/mol. The fraction of sp³-hybridized carbons (Fsp3) is 0.750. The van der Waals surface area contributed by atoms with E-state index in [1.54, 1.807) is 6.92 Å². The molecule has 0 aromatic carbocycles. The normalized spacial score (nSPS) is 13.8. The molecule has 86 valence electrons. The van der Waals surface area contributed by atoms with Gasteiger partial charge in [-0.3, -0.25) is 4.79 Å². The number of aliphatic hydroxyl groups excluding tert-OH is 1. The number of carboxylic acids is 1. The van der Waals surface area contributed by atoms with Gasteiger partial charge in [-0.25, -0.2) is 0 Å². The van der Waals surface area contributed by atoms with Gasteiger partial charge in [0.1, 0.15) is 6.10 Å². The second-order valence-corrected chi connectivity index (χ2v) is 3.77. The van der Waals surface area contributed by atoms with E-state index in [0.717, 1.165) is 25.7 Å². The van der Waals surface area contributed by atoms with E-state index in [9.17, 15) is 9.90 Å². The van der Waals surface area contributed by atoms with Gasteiger partial charge in [-0.2, -0.15) is 0 Å². The number of carboxylic acid groups (broad SMARTS) is 1. The van der Waals surface area contributed by atoms with E-state index in [-0.39, 0.29) is 6.42 Å². The molecule has 15 heavy (non-hydrogen) atoms. The van der Waals surface area contributed by atoms with Crippen molar-refractivity contribution in [3.8, 4) is 11.8 Å². The quantitative estimate of drug-likeness (QED) is 0.523. The van der Waals surface area contributed by atoms with Gasteiger partial charge in [0.25, 0.3) is 0 Å². The van der Waals surface area contributed by atoms with E-state index in [1.807, 2.05) is 0 Å². The lowest BCUT2D eigenvalue weighted by atomic mass is 10.0. The van der Waals surface area contributed by atoms with Gasteiger partial charge in [0.05, 0.1) is 5.92 Å². The summed E-state index contributed by atoms with van der Waals surface area (Å²) < 4.78 is 0. The van der Waals surface area contributed by atoms with Gasteiger partial charge in [-0.15, -0.1) is 5.92 Å². The summed E-state index contributed by atoms with van der Waals surface area (Å²) in [7, 11) is 0. The van der Waals surface area contributed by atoms with Crippen LogP contribution in [0, 0.1) is 17.8 Å². The number of aliphatic carboxylic acids is 1. The fourth-order valence-corrected chi connectivity index (χ4v) is 1.15. The molecule has 0 aliphatic rings. The molecule has 0 radical (unpaired) electrons. The Morgan fingerprint density at radius 2 is 2.07 bits per heavy atom. The van der Waals surface area contributed by atoms with Gasteiger partial charge in [0.15, 0.2) is 0 Å². The fourth-order valence-electron chi connectivity index (χ4n) is 1.15. The Hall–Kier alpha value is -1.01. The number of hydrogen-bond acceptors (Lipinski definition) is 2. The first-order valence-electron chi connectivity index (χ1n) is 5.47. The standard InChI is InChI=1S/C12H20O3/c1-3-4-5-6-7-8-11(13)9-10(2)12(14)15/h10-11,13H,3-6,9H2,1-2H3,(H,14,15). The average Bonchev–Trinajstić information content (AvgIpc) is 2.17. The number of hydrogen-bond donors (Lipinski definition) is 2. The largest absolute Gasteiger partial charge is 0.481 e. The van der Waals surface area contributed by atoms with Crippen LogP contribution >= 0.6 is 0 Å². The Morgan fingerprint density at radius 3 is 2.60 bits per heavy atom. The van der Waals surface area contributed by atoms with Crippen LogP contribution in [0.2, 0.25) is 0 Å². The predicted molar refractivity (Wildman–Crippen MR) is 59.3 cm³/mol. The highest BCUT2D eigenvalue weighted by Crippen LogP contribution is 2.05. The number of carbonyl (C=O) groups is 1. The molecular formula is C12H20O3. The minimum absolute atomic E-state index is 0.204. The van der Waals surface area contributed by atoms with Crippen LogP contribution in [0.1, 0.15) is 46.0 Å². The predicted octanol–water partition coefficient (Wildman–Crippen LogP) is 2.04. The van der Waals surface area contributed by atoms with E-state index < -0.39 is 18.0 Å². The summed E-state index contributed by atoms with van der Waals surface area (Å²) in [4.78, 5) is 10.5. The lowest BCUT2D eigenvalue weighted by molar-refractivity contribution is -0.141. The zero-order chi connectivity index (χ0) is 11.7. The third-order valence-electron chi connectivity index (χ3n) is 2.17. The zero-order valence-corrected chi connectivity index (χ0v) is 9.49. The molecule has 2 N–H and O–H groups in total. The summed E-state index contributed by atoms with van der Waals surface area (Å²) in [6.45, 7) is 3.70. The molecule has 0 fully saturated rings. The van der Waals surface area contributed by atoms with Gasteiger partial charge < -0.3 is 10.2 Å². The van der Waals surface area contributed by atoms with Crippen molar-refractivity contribution in [3.63, 3.8) is 0 Å². The number of aliphatic hydroxyl groups is 1. The highest BCUT2D eigenvalue weighted by Gasteiger charge is 2.14. The molecule has 0 aliphatic carbocycles. The molecule has 2 atom stereocenters. The highest BCUT2D eigenvalue weighted by molar-refractivity contribution is 5.69. The summed E-state index contributed by atoms with van der Waals surface area (Å²) in [5.41, 5.74) is 0. The van der Waals surface area contributed by atoms with Crippen LogP contribution in [-0.2, 0) is 4.79 Å². The van der Waals surface area contributed by atoms with Crippen LogP contribution < -0.4 is 0 Å². The van der Waals surface area contributed by atoms with Crippen molar-refractivity contribution in [2.75, 3.05) is 0 Å². The second-order valence-electron chi connectivity index (χ2n) is 3.77. The minimum atomic E-state index is -0.887. The average molecular weight is 212 g/mol. The van der Waals surface area contributed by atoms with Crippen molar-refractivity contribution in [3.05, 3.63) is 0 Å². The Morgan fingerprint density at radius 1 is 1.40 bits per heavy atom. The molecule has 0 amide bonds. The maximum Gasteiger partial charge on any atom is 0.306 e. The van der Waals surface area contributed by atoms with Gasteiger partial charge in [0, 0.05) is 6.42 Å². The van der Waals surface area contributed by atoms with Crippen molar-refractivity contribution in [1.29, 1.82) is 0 Å². The first kappa shape index (κ1) is 14.0. The van der Waals surface area contributed by atoms with Crippen LogP contribution in [0.25, 0.3) is 0 Å². The molecule has 0 bridgehead atoms. The van der Waals surface area contributed by atoms with Crippen LogP contribution in [0.15, 0.2) is 0 Å². The summed E-state index contributed by atoms with van der Waals surface area (Å²) in [6.07, 6.45) is 3.53. The maximum absolute atomic E-state index is 10.5. The molecular weight excluding hydrogens is 192 g/mol. The Labute approximate surface area is 91.5 Å². The van der Waals surface area contributed by atoms with Crippen molar-refractivity contribution >= 4 is 5.97 Å². The van der Waals surface area contributed by atoms with Gasteiger partial charge >= 0.3 is 5.97 Å². The first-order valence-corrected chi connectivity index (χ1v) is 5.47. The van der Waals surface area contributed by atoms with E-state index in [0.29, 0.717) is 0 Å². The Balaban J connectivity index is 3.71. The van der Waals surface area contributed by atoms with Gasteiger partial charge in [0.2, 0.25) is 0 Å². The number of unbranched alkanes of at least 4 members (excludes halogenated alkanes) is 3. The SMILES string of the molecule is CCCCCC#CC(O)CC(C)C(=O)O. The van der Waals surface area contributed by atoms with Crippen LogP contribution in [0.3, 0.4) is 0 Å². The molecule has 0 heterocycles. The van der Waals surface area contributed by atoms with Crippen molar-refractivity contribution in [2.45, 2.75) is 52.1 Å². The summed E-state index contributed by atoms with van der Waals surface area (Å²) in [6, 6.07) is 0. The minimum Gasteiger partial charge on any atom is -0.481 e.